The minimum Gasteiger partial charge on any atom is -0.496 e. The highest BCUT2D eigenvalue weighted by molar-refractivity contribution is 6.30. The molecule has 1 aliphatic rings. The number of nitrogens with zero attached hydrogens (tertiary/aromatic N) is 2. The minimum absolute atomic E-state index is 0.442. The molecule has 1 aliphatic heterocycles. The standard InChI is InChI=1S/C18H29ClN4O2/c1-20-18(21-13-14-4-5-15(19)12-17(14)25-3)22-16-6-8-23(9-7-16)10-11-24-2/h4-5,12,16H,6-11,13H2,1-3H3,(H2,20,21,22). The van der Waals surface area contributed by atoms with Gasteiger partial charge in [0.2, 0.25) is 0 Å². The van der Waals surface area contributed by atoms with Crippen molar-refractivity contribution in [3.63, 3.8) is 0 Å². The topological polar surface area (TPSA) is 58.1 Å². The fraction of sp³-hybridized carbons (Fsp3) is 0.611. The van der Waals surface area contributed by atoms with Crippen LogP contribution in [0, 0.1) is 0 Å². The summed E-state index contributed by atoms with van der Waals surface area (Å²) in [5.74, 6) is 1.59. The van der Waals surface area contributed by atoms with Crippen molar-refractivity contribution < 1.29 is 9.47 Å². The number of nitrogens with one attached hydrogen (secondary N) is 2. The van der Waals surface area contributed by atoms with Gasteiger partial charge in [-0.25, -0.2) is 0 Å². The molecule has 1 saturated heterocycles. The van der Waals surface area contributed by atoms with Crippen LogP contribution < -0.4 is 15.4 Å². The summed E-state index contributed by atoms with van der Waals surface area (Å²) in [6, 6.07) is 6.10. The first-order valence-corrected chi connectivity index (χ1v) is 9.05. The monoisotopic (exact) mass is 368 g/mol. The van der Waals surface area contributed by atoms with Crippen LogP contribution in [0.2, 0.25) is 5.02 Å². The van der Waals surface area contributed by atoms with Gasteiger partial charge in [-0.3, -0.25) is 4.99 Å². The molecular weight excluding hydrogens is 340 g/mol. The van der Waals surface area contributed by atoms with Gasteiger partial charge in [0.1, 0.15) is 5.75 Å². The number of hydrogen-bond donors (Lipinski definition) is 2. The molecule has 0 radical (unpaired) electrons. The molecule has 0 spiro atoms. The van der Waals surface area contributed by atoms with E-state index in [4.69, 9.17) is 21.1 Å². The molecule has 1 fully saturated rings. The van der Waals surface area contributed by atoms with E-state index in [2.05, 4.69) is 20.5 Å². The zero-order valence-corrected chi connectivity index (χ0v) is 16.1. The zero-order chi connectivity index (χ0) is 18.1. The predicted octanol–water partition coefficient (Wildman–Crippen LogP) is 2.12. The third kappa shape index (κ3) is 6.38. The van der Waals surface area contributed by atoms with E-state index in [0.717, 1.165) is 56.4 Å². The second kappa shape index (κ2) is 10.5. The highest BCUT2D eigenvalue weighted by Crippen LogP contribution is 2.22. The van der Waals surface area contributed by atoms with Gasteiger partial charge in [-0.15, -0.1) is 0 Å². The van der Waals surface area contributed by atoms with Gasteiger partial charge >= 0.3 is 0 Å². The zero-order valence-electron chi connectivity index (χ0n) is 15.3. The Balaban J connectivity index is 1.80. The van der Waals surface area contributed by atoms with Crippen LogP contribution in [0.3, 0.4) is 0 Å². The molecule has 1 aromatic rings. The third-order valence-corrected chi connectivity index (χ3v) is 4.69. The van der Waals surface area contributed by atoms with E-state index < -0.39 is 0 Å². The van der Waals surface area contributed by atoms with Gasteiger partial charge in [0.25, 0.3) is 0 Å². The molecule has 0 atom stereocenters. The first kappa shape index (κ1) is 19.8. The van der Waals surface area contributed by atoms with E-state index >= 15 is 0 Å². The Morgan fingerprint density at radius 1 is 1.32 bits per heavy atom. The Morgan fingerprint density at radius 3 is 2.72 bits per heavy atom. The molecule has 0 unspecified atom stereocenters. The normalized spacial score (nSPS) is 16.7. The molecule has 0 amide bonds. The first-order valence-electron chi connectivity index (χ1n) is 8.67. The molecule has 0 aliphatic carbocycles. The highest BCUT2D eigenvalue weighted by atomic mass is 35.5. The number of halogens is 1. The lowest BCUT2D eigenvalue weighted by atomic mass is 10.1. The van der Waals surface area contributed by atoms with Crippen LogP contribution in [0.25, 0.3) is 0 Å². The number of piperidine rings is 1. The molecule has 7 heteroatoms. The molecule has 0 bridgehead atoms. The van der Waals surface area contributed by atoms with Crippen LogP contribution in [0.15, 0.2) is 23.2 Å². The molecule has 1 heterocycles. The van der Waals surface area contributed by atoms with E-state index in [-0.39, 0.29) is 0 Å². The fourth-order valence-electron chi connectivity index (χ4n) is 2.95. The quantitative estimate of drug-likeness (QED) is 0.570. The van der Waals surface area contributed by atoms with E-state index in [1.54, 1.807) is 21.3 Å². The average Bonchev–Trinajstić information content (AvgIpc) is 2.65. The average molecular weight is 369 g/mol. The summed E-state index contributed by atoms with van der Waals surface area (Å²) >= 11 is 6.01. The van der Waals surface area contributed by atoms with Crippen molar-refractivity contribution in [1.29, 1.82) is 0 Å². The lowest BCUT2D eigenvalue weighted by Crippen LogP contribution is -2.48. The van der Waals surface area contributed by atoms with Crippen LogP contribution in [0.4, 0.5) is 0 Å². The van der Waals surface area contributed by atoms with E-state index in [0.29, 0.717) is 17.6 Å². The maximum atomic E-state index is 6.01. The van der Waals surface area contributed by atoms with Crippen molar-refractivity contribution >= 4 is 17.6 Å². The molecule has 25 heavy (non-hydrogen) atoms. The number of methoxy groups -OCH3 is 2. The van der Waals surface area contributed by atoms with E-state index in [1.807, 2.05) is 18.2 Å². The van der Waals surface area contributed by atoms with Crippen LogP contribution in [0.1, 0.15) is 18.4 Å². The summed E-state index contributed by atoms with van der Waals surface area (Å²) < 4.78 is 10.5. The van der Waals surface area contributed by atoms with Gasteiger partial charge in [0.05, 0.1) is 13.7 Å². The lowest BCUT2D eigenvalue weighted by molar-refractivity contribution is 0.128. The molecule has 0 saturated carbocycles. The summed E-state index contributed by atoms with van der Waals surface area (Å²) in [5.41, 5.74) is 1.05. The van der Waals surface area contributed by atoms with Gasteiger partial charge in [-0.2, -0.15) is 0 Å². The van der Waals surface area contributed by atoms with Gasteiger partial charge in [0, 0.05) is 57.0 Å². The maximum Gasteiger partial charge on any atom is 0.191 e. The van der Waals surface area contributed by atoms with Crippen molar-refractivity contribution in [1.82, 2.24) is 15.5 Å². The summed E-state index contributed by atoms with van der Waals surface area (Å²) in [5, 5.41) is 7.54. The summed E-state index contributed by atoms with van der Waals surface area (Å²) in [6.45, 7) is 4.61. The summed E-state index contributed by atoms with van der Waals surface area (Å²) in [7, 11) is 5.20. The second-order valence-electron chi connectivity index (χ2n) is 6.13. The van der Waals surface area contributed by atoms with Gasteiger partial charge in [0.15, 0.2) is 5.96 Å². The van der Waals surface area contributed by atoms with Crippen molar-refractivity contribution in [2.24, 2.45) is 4.99 Å². The highest BCUT2D eigenvalue weighted by Gasteiger charge is 2.19. The molecule has 6 nitrogen and oxygen atoms in total. The molecule has 1 aromatic carbocycles. The Labute approximate surface area is 155 Å². The lowest BCUT2D eigenvalue weighted by Gasteiger charge is -2.32. The van der Waals surface area contributed by atoms with Crippen molar-refractivity contribution in [2.75, 3.05) is 47.5 Å². The van der Waals surface area contributed by atoms with E-state index in [9.17, 15) is 0 Å². The Hall–Kier alpha value is -1.50. The second-order valence-corrected chi connectivity index (χ2v) is 6.57. The number of benzene rings is 1. The van der Waals surface area contributed by atoms with Gasteiger partial charge in [-0.05, 0) is 25.0 Å². The van der Waals surface area contributed by atoms with Crippen molar-refractivity contribution in [2.45, 2.75) is 25.4 Å². The van der Waals surface area contributed by atoms with E-state index in [1.165, 1.54) is 0 Å². The molecule has 140 valence electrons. The van der Waals surface area contributed by atoms with Crippen molar-refractivity contribution in [3.8, 4) is 5.75 Å². The summed E-state index contributed by atoms with van der Waals surface area (Å²) in [4.78, 5) is 6.77. The molecule has 2 N–H and O–H groups in total. The third-order valence-electron chi connectivity index (χ3n) is 4.46. The molecule has 0 aromatic heterocycles. The number of guanidine groups is 1. The number of hydrogen-bond acceptors (Lipinski definition) is 4. The predicted molar refractivity (Wildman–Crippen MR) is 103 cm³/mol. The Morgan fingerprint density at radius 2 is 2.08 bits per heavy atom. The van der Waals surface area contributed by atoms with Gasteiger partial charge in [-0.1, -0.05) is 17.7 Å². The largest absolute Gasteiger partial charge is 0.496 e. The Bertz CT molecular complexity index is 560. The van der Waals surface area contributed by atoms with Crippen LogP contribution in [-0.2, 0) is 11.3 Å². The van der Waals surface area contributed by atoms with Crippen LogP contribution in [-0.4, -0.2) is 64.4 Å². The maximum absolute atomic E-state index is 6.01. The summed E-state index contributed by atoms with van der Waals surface area (Å²) in [6.07, 6.45) is 2.21. The van der Waals surface area contributed by atoms with Crippen molar-refractivity contribution in [3.05, 3.63) is 28.8 Å². The Kier molecular flexibility index (Phi) is 8.31. The fourth-order valence-corrected chi connectivity index (χ4v) is 3.11. The number of rotatable bonds is 7. The number of ether oxygens (including phenoxy) is 2. The van der Waals surface area contributed by atoms with Crippen LogP contribution in [0.5, 0.6) is 5.75 Å². The van der Waals surface area contributed by atoms with Gasteiger partial charge < -0.3 is 25.0 Å². The SMILES string of the molecule is CN=C(NCc1ccc(Cl)cc1OC)NC1CCN(CCOC)CC1. The smallest absolute Gasteiger partial charge is 0.191 e. The number of likely N-dealkylation sites (tertiary alicyclic amines) is 1. The first-order chi connectivity index (χ1) is 12.2. The molecule has 2 rings (SSSR count). The minimum atomic E-state index is 0.442. The molecular formula is C18H29ClN4O2. The number of aliphatic imine (C=N–C) groups is 1. The van der Waals surface area contributed by atoms with Crippen LogP contribution >= 0.6 is 11.6 Å².